The monoisotopic (exact) mass is 403 g/mol. The van der Waals surface area contributed by atoms with Crippen molar-refractivity contribution in [3.05, 3.63) is 46.0 Å². The van der Waals surface area contributed by atoms with Crippen LogP contribution < -0.4 is 0 Å². The maximum Gasteiger partial charge on any atom is 0.160 e. The van der Waals surface area contributed by atoms with Crippen LogP contribution in [0.3, 0.4) is 0 Å². The Balaban J connectivity index is 2.35. The Morgan fingerprint density at radius 1 is 1.37 bits per heavy atom. The SMILES string of the molecule is CC(=O)c1c2c(cc3c(Cl)cccc13)CN(SI)C2. The Bertz CT molecular complexity index is 689. The molecule has 0 N–H and O–H groups in total. The van der Waals surface area contributed by atoms with E-state index in [0.29, 0.717) is 5.02 Å². The zero-order valence-corrected chi connectivity index (χ0v) is 14.0. The number of rotatable bonds is 2. The van der Waals surface area contributed by atoms with Crippen molar-refractivity contribution in [2.45, 2.75) is 20.0 Å². The third-order valence-corrected chi connectivity index (χ3v) is 5.92. The number of halogens is 2. The van der Waals surface area contributed by atoms with Gasteiger partial charge in [0, 0.05) is 50.3 Å². The molecule has 3 rings (SSSR count). The molecule has 98 valence electrons. The van der Waals surface area contributed by atoms with Gasteiger partial charge in [-0.3, -0.25) is 4.79 Å². The molecule has 0 radical (unpaired) electrons. The lowest BCUT2D eigenvalue weighted by Crippen LogP contribution is -2.04. The maximum atomic E-state index is 12.1. The van der Waals surface area contributed by atoms with E-state index in [4.69, 9.17) is 11.6 Å². The summed E-state index contributed by atoms with van der Waals surface area (Å²) in [5.41, 5.74) is 3.21. The van der Waals surface area contributed by atoms with Gasteiger partial charge in [-0.15, -0.1) is 0 Å². The van der Waals surface area contributed by atoms with E-state index < -0.39 is 0 Å². The summed E-state index contributed by atoms with van der Waals surface area (Å²) >= 11 is 8.55. The highest BCUT2D eigenvalue weighted by atomic mass is 127. The molecule has 0 saturated heterocycles. The van der Waals surface area contributed by atoms with Crippen LogP contribution in [0.4, 0.5) is 0 Å². The first-order chi connectivity index (χ1) is 9.11. The lowest BCUT2D eigenvalue weighted by Gasteiger charge is -2.11. The van der Waals surface area contributed by atoms with Crippen LogP contribution in [0.1, 0.15) is 28.4 Å². The van der Waals surface area contributed by atoms with E-state index >= 15 is 0 Å². The van der Waals surface area contributed by atoms with E-state index in [1.807, 2.05) is 18.2 Å². The molecule has 0 spiro atoms. The first kappa shape index (κ1) is 13.7. The van der Waals surface area contributed by atoms with E-state index in [9.17, 15) is 4.79 Å². The minimum atomic E-state index is 0.115. The van der Waals surface area contributed by atoms with Gasteiger partial charge in [-0.1, -0.05) is 23.7 Å². The summed E-state index contributed by atoms with van der Waals surface area (Å²) in [6.45, 7) is 3.32. The normalized spacial score (nSPS) is 14.9. The van der Waals surface area contributed by atoms with Crippen LogP contribution >= 0.6 is 41.9 Å². The average molecular weight is 404 g/mol. The lowest BCUT2D eigenvalue weighted by atomic mass is 9.93. The summed E-state index contributed by atoms with van der Waals surface area (Å²) in [7, 11) is 1.68. The van der Waals surface area contributed by atoms with Gasteiger partial charge in [-0.2, -0.15) is 0 Å². The van der Waals surface area contributed by atoms with Gasteiger partial charge in [0.05, 0.1) is 0 Å². The van der Waals surface area contributed by atoms with Crippen molar-refractivity contribution < 1.29 is 4.79 Å². The van der Waals surface area contributed by atoms with E-state index in [1.165, 1.54) is 5.56 Å². The van der Waals surface area contributed by atoms with Gasteiger partial charge in [-0.05, 0) is 44.7 Å². The van der Waals surface area contributed by atoms with Crippen LogP contribution in [0.25, 0.3) is 10.8 Å². The van der Waals surface area contributed by atoms with Crippen LogP contribution in [0, 0.1) is 0 Å². The number of hydrogen-bond donors (Lipinski definition) is 0. The van der Waals surface area contributed by atoms with E-state index in [-0.39, 0.29) is 5.78 Å². The van der Waals surface area contributed by atoms with Crippen molar-refractivity contribution in [1.82, 2.24) is 4.31 Å². The summed E-state index contributed by atoms with van der Waals surface area (Å²) in [4.78, 5) is 12.1. The molecule has 0 amide bonds. The molecule has 2 aromatic carbocycles. The van der Waals surface area contributed by atoms with Gasteiger partial charge in [0.2, 0.25) is 0 Å². The number of hydrogen-bond acceptors (Lipinski definition) is 3. The highest BCUT2D eigenvalue weighted by Crippen LogP contribution is 2.38. The molecular formula is C14H11ClINOS. The number of fused-ring (bicyclic) bond motifs is 2. The molecule has 0 unspecified atom stereocenters. The van der Waals surface area contributed by atoms with Crippen molar-refractivity contribution >= 4 is 58.5 Å². The maximum absolute atomic E-state index is 12.1. The van der Waals surface area contributed by atoms with E-state index in [0.717, 1.165) is 35.0 Å². The van der Waals surface area contributed by atoms with Gasteiger partial charge in [0.25, 0.3) is 0 Å². The van der Waals surface area contributed by atoms with Gasteiger partial charge < -0.3 is 0 Å². The highest BCUT2D eigenvalue weighted by molar-refractivity contribution is 14.2. The second-order valence-corrected chi connectivity index (χ2v) is 6.89. The molecule has 2 nitrogen and oxygen atoms in total. The molecule has 19 heavy (non-hydrogen) atoms. The number of carbonyl (C=O) groups excluding carboxylic acids is 1. The second kappa shape index (κ2) is 5.24. The quantitative estimate of drug-likeness (QED) is 0.399. The highest BCUT2D eigenvalue weighted by Gasteiger charge is 2.25. The van der Waals surface area contributed by atoms with Crippen LogP contribution in [0.15, 0.2) is 24.3 Å². The summed E-state index contributed by atoms with van der Waals surface area (Å²) in [6, 6.07) is 7.90. The van der Waals surface area contributed by atoms with Gasteiger partial charge in [0.15, 0.2) is 5.78 Å². The van der Waals surface area contributed by atoms with Crippen molar-refractivity contribution in [2.75, 3.05) is 0 Å². The third kappa shape index (κ3) is 2.28. The van der Waals surface area contributed by atoms with Gasteiger partial charge >= 0.3 is 0 Å². The van der Waals surface area contributed by atoms with Gasteiger partial charge in [-0.25, -0.2) is 4.31 Å². The Morgan fingerprint density at radius 3 is 2.84 bits per heavy atom. The molecule has 0 aromatic heterocycles. The summed E-state index contributed by atoms with van der Waals surface area (Å²) < 4.78 is 2.24. The van der Waals surface area contributed by atoms with E-state index in [1.54, 1.807) is 16.0 Å². The minimum Gasteiger partial charge on any atom is -0.294 e. The molecule has 0 saturated carbocycles. The van der Waals surface area contributed by atoms with E-state index in [2.05, 4.69) is 31.6 Å². The zero-order valence-electron chi connectivity index (χ0n) is 10.2. The fourth-order valence-corrected chi connectivity index (χ4v) is 4.11. The van der Waals surface area contributed by atoms with Crippen molar-refractivity contribution in [3.8, 4) is 0 Å². The number of nitrogens with zero attached hydrogens (tertiary/aromatic N) is 1. The molecular weight excluding hydrogens is 393 g/mol. The Morgan fingerprint density at radius 2 is 2.16 bits per heavy atom. The first-order valence-corrected chi connectivity index (χ1v) is 9.59. The largest absolute Gasteiger partial charge is 0.294 e. The number of carbonyl (C=O) groups is 1. The second-order valence-electron chi connectivity index (χ2n) is 4.65. The smallest absolute Gasteiger partial charge is 0.160 e. The predicted octanol–water partition coefficient (Wildman–Crippen LogP) is 5.01. The van der Waals surface area contributed by atoms with Gasteiger partial charge in [0.1, 0.15) is 0 Å². The van der Waals surface area contributed by atoms with Crippen molar-refractivity contribution in [1.29, 1.82) is 0 Å². The first-order valence-electron chi connectivity index (χ1n) is 5.89. The molecule has 0 atom stereocenters. The molecule has 1 heterocycles. The molecule has 1 aliphatic heterocycles. The number of ketones is 1. The standard InChI is InChI=1S/C14H11ClINOS/c1-8(18)14-10-3-2-4-13(15)11(10)5-9-6-17(19-16)7-12(9)14/h2-5H,6-7H2,1H3. The molecule has 1 aliphatic rings. The molecule has 0 bridgehead atoms. The topological polar surface area (TPSA) is 20.3 Å². The fraction of sp³-hybridized carbons (Fsp3) is 0.214. The number of Topliss-reactive ketones (excluding diaryl/α,β-unsaturated/α-hetero) is 1. The molecule has 5 heteroatoms. The molecule has 0 fully saturated rings. The Hall–Kier alpha value is -0.300. The third-order valence-electron chi connectivity index (χ3n) is 3.46. The molecule has 2 aromatic rings. The summed E-state index contributed by atoms with van der Waals surface area (Å²) in [5.74, 6) is 0.115. The van der Waals surface area contributed by atoms with Crippen molar-refractivity contribution in [3.63, 3.8) is 0 Å². The van der Waals surface area contributed by atoms with Crippen LogP contribution in [0.2, 0.25) is 5.02 Å². The predicted molar refractivity (Wildman–Crippen MR) is 89.8 cm³/mol. The summed E-state index contributed by atoms with van der Waals surface area (Å²) in [6.07, 6.45) is 0. The Labute approximate surface area is 133 Å². The number of benzene rings is 2. The molecule has 0 aliphatic carbocycles. The van der Waals surface area contributed by atoms with Crippen LogP contribution in [-0.2, 0) is 13.1 Å². The van der Waals surface area contributed by atoms with Crippen molar-refractivity contribution in [2.24, 2.45) is 0 Å². The summed E-state index contributed by atoms with van der Waals surface area (Å²) in [5, 5.41) is 2.66. The average Bonchev–Trinajstić information content (AvgIpc) is 2.79. The minimum absolute atomic E-state index is 0.115. The Kier molecular flexibility index (Phi) is 3.77. The fourth-order valence-electron chi connectivity index (χ4n) is 2.68. The lowest BCUT2D eigenvalue weighted by molar-refractivity contribution is 0.101. The van der Waals surface area contributed by atoms with Crippen LogP contribution in [-0.4, -0.2) is 10.1 Å². The zero-order chi connectivity index (χ0) is 13.6. The van der Waals surface area contributed by atoms with Crippen LogP contribution in [0.5, 0.6) is 0 Å².